The Balaban J connectivity index is 1.34. The largest absolute Gasteiger partial charge is 0.478 e. The highest BCUT2D eigenvalue weighted by molar-refractivity contribution is 5.19. The van der Waals surface area contributed by atoms with Crippen LogP contribution in [-0.2, 0) is 12.1 Å². The van der Waals surface area contributed by atoms with Crippen LogP contribution in [-0.4, -0.2) is 37.3 Å². The van der Waals surface area contributed by atoms with E-state index in [-0.39, 0.29) is 11.1 Å². The molecule has 4 aliphatic carbocycles. The van der Waals surface area contributed by atoms with E-state index in [4.69, 9.17) is 4.74 Å². The minimum Gasteiger partial charge on any atom is -0.478 e. The Morgan fingerprint density at radius 1 is 1.23 bits per heavy atom. The molecule has 0 spiro atoms. The Hall–Kier alpha value is -2.02. The normalized spacial score (nSPS) is 35.0. The highest BCUT2D eigenvalue weighted by atomic mass is 16.5. The molecule has 0 aliphatic heterocycles. The monoisotopic (exact) mass is 354 g/mol. The zero-order chi connectivity index (χ0) is 17.6. The molecular formula is C19H26N6O. The number of ether oxygens (including phenoxy) is 1. The van der Waals surface area contributed by atoms with Crippen molar-refractivity contribution >= 4 is 0 Å². The van der Waals surface area contributed by atoms with Crippen molar-refractivity contribution in [2.45, 2.75) is 63.1 Å². The summed E-state index contributed by atoms with van der Waals surface area (Å²) in [4.78, 5) is 6.31. The van der Waals surface area contributed by atoms with Crippen molar-refractivity contribution in [3.63, 3.8) is 0 Å². The van der Waals surface area contributed by atoms with Crippen molar-refractivity contribution in [3.05, 3.63) is 30.2 Å². The van der Waals surface area contributed by atoms with Crippen LogP contribution in [0.4, 0.5) is 0 Å². The van der Waals surface area contributed by atoms with Crippen LogP contribution in [0.2, 0.25) is 0 Å². The zero-order valence-corrected chi connectivity index (χ0v) is 15.3. The quantitative estimate of drug-likeness (QED) is 0.858. The van der Waals surface area contributed by atoms with E-state index in [9.17, 15) is 0 Å². The van der Waals surface area contributed by atoms with Crippen LogP contribution in [0.15, 0.2) is 24.7 Å². The smallest absolute Gasteiger partial charge is 0.213 e. The summed E-state index contributed by atoms with van der Waals surface area (Å²) >= 11 is 0. The summed E-state index contributed by atoms with van der Waals surface area (Å²) in [6.45, 7) is 3.47. The molecule has 7 heteroatoms. The highest BCUT2D eigenvalue weighted by Crippen LogP contribution is 2.60. The molecule has 1 N–H and O–H groups in total. The van der Waals surface area contributed by atoms with Gasteiger partial charge in [0.15, 0.2) is 6.33 Å². The SMILES string of the molecule is CCOc1ccc(CNC23CC4CC(C2)CC(n2ncnn2)(C4)C3)cn1. The van der Waals surface area contributed by atoms with Gasteiger partial charge in [0.25, 0.3) is 0 Å². The molecule has 4 saturated carbocycles. The van der Waals surface area contributed by atoms with E-state index in [2.05, 4.69) is 31.8 Å². The predicted molar refractivity (Wildman–Crippen MR) is 95.4 cm³/mol. The third kappa shape index (κ3) is 2.69. The lowest BCUT2D eigenvalue weighted by Gasteiger charge is -2.61. The molecule has 2 heterocycles. The number of tetrazole rings is 1. The van der Waals surface area contributed by atoms with Crippen LogP contribution >= 0.6 is 0 Å². The summed E-state index contributed by atoms with van der Waals surface area (Å²) in [6.07, 6.45) is 10.9. The molecule has 4 bridgehead atoms. The standard InChI is InChI=1S/C19H26N6O/c1-2-26-17-4-3-14(10-20-17)11-21-18-6-15-5-16(7-18)9-19(8-15,12-18)25-23-13-22-24-25/h3-4,10,13,15-16,21H,2,5-9,11-12H2,1H3. The van der Waals surface area contributed by atoms with Gasteiger partial charge in [-0.1, -0.05) is 6.07 Å². The fraction of sp³-hybridized carbons (Fsp3) is 0.684. The maximum absolute atomic E-state index is 5.44. The van der Waals surface area contributed by atoms with Gasteiger partial charge in [-0.15, -0.1) is 10.2 Å². The lowest BCUT2D eigenvalue weighted by molar-refractivity contribution is -0.0854. The third-order valence-electron chi connectivity index (χ3n) is 6.56. The summed E-state index contributed by atoms with van der Waals surface area (Å²) < 4.78 is 5.44. The van der Waals surface area contributed by atoms with Gasteiger partial charge in [-0.25, -0.2) is 4.98 Å². The molecule has 138 valence electrons. The fourth-order valence-corrected chi connectivity index (χ4v) is 6.08. The zero-order valence-electron chi connectivity index (χ0n) is 15.3. The molecule has 26 heavy (non-hydrogen) atoms. The predicted octanol–water partition coefficient (Wildman–Crippen LogP) is 2.30. The molecule has 0 radical (unpaired) electrons. The molecule has 0 amide bonds. The van der Waals surface area contributed by atoms with Gasteiger partial charge in [0.05, 0.1) is 12.1 Å². The molecule has 2 aromatic heterocycles. The van der Waals surface area contributed by atoms with Crippen LogP contribution < -0.4 is 10.1 Å². The van der Waals surface area contributed by atoms with E-state index in [1.807, 2.05) is 24.0 Å². The van der Waals surface area contributed by atoms with Gasteiger partial charge in [-0.05, 0) is 68.1 Å². The first-order valence-corrected chi connectivity index (χ1v) is 9.75. The first-order valence-electron chi connectivity index (χ1n) is 9.75. The van der Waals surface area contributed by atoms with Crippen LogP contribution in [0.3, 0.4) is 0 Å². The Kier molecular flexibility index (Phi) is 3.74. The maximum Gasteiger partial charge on any atom is 0.213 e. The van der Waals surface area contributed by atoms with Crippen molar-refractivity contribution in [2.75, 3.05) is 6.61 Å². The first kappa shape index (κ1) is 16.2. The van der Waals surface area contributed by atoms with Gasteiger partial charge in [-0.2, -0.15) is 4.80 Å². The molecule has 2 aromatic rings. The van der Waals surface area contributed by atoms with Crippen molar-refractivity contribution in [3.8, 4) is 5.88 Å². The van der Waals surface area contributed by atoms with Crippen LogP contribution in [0.5, 0.6) is 5.88 Å². The number of hydrogen-bond donors (Lipinski definition) is 1. The van der Waals surface area contributed by atoms with E-state index in [0.29, 0.717) is 12.5 Å². The minimum atomic E-state index is 0.0602. The average molecular weight is 354 g/mol. The van der Waals surface area contributed by atoms with E-state index in [1.165, 1.54) is 37.7 Å². The average Bonchev–Trinajstić information content (AvgIpc) is 3.16. The molecule has 2 atom stereocenters. The third-order valence-corrected chi connectivity index (χ3v) is 6.56. The molecule has 4 aliphatic rings. The molecule has 0 saturated heterocycles. The highest BCUT2D eigenvalue weighted by Gasteiger charge is 2.59. The van der Waals surface area contributed by atoms with Crippen molar-refractivity contribution in [1.82, 2.24) is 30.5 Å². The Morgan fingerprint density at radius 2 is 2.08 bits per heavy atom. The number of hydrogen-bond acceptors (Lipinski definition) is 6. The summed E-state index contributed by atoms with van der Waals surface area (Å²) in [5.41, 5.74) is 1.46. The van der Waals surface area contributed by atoms with E-state index >= 15 is 0 Å². The van der Waals surface area contributed by atoms with Gasteiger partial charge < -0.3 is 10.1 Å². The van der Waals surface area contributed by atoms with Gasteiger partial charge >= 0.3 is 0 Å². The summed E-state index contributed by atoms with van der Waals surface area (Å²) in [5.74, 6) is 2.24. The Bertz CT molecular complexity index is 745. The van der Waals surface area contributed by atoms with Crippen molar-refractivity contribution in [1.29, 1.82) is 0 Å². The number of pyridine rings is 1. The maximum atomic E-state index is 5.44. The molecule has 4 fully saturated rings. The molecular weight excluding hydrogens is 328 g/mol. The second-order valence-electron chi connectivity index (χ2n) is 8.48. The number of nitrogens with one attached hydrogen (secondary N) is 1. The van der Waals surface area contributed by atoms with Crippen LogP contribution in [0, 0.1) is 11.8 Å². The summed E-state index contributed by atoms with van der Waals surface area (Å²) in [5, 5.41) is 16.6. The van der Waals surface area contributed by atoms with Crippen molar-refractivity contribution < 1.29 is 4.74 Å². The second kappa shape index (κ2) is 6.01. The van der Waals surface area contributed by atoms with Crippen LogP contribution in [0.25, 0.3) is 0 Å². The minimum absolute atomic E-state index is 0.0602. The molecule has 6 rings (SSSR count). The van der Waals surface area contributed by atoms with E-state index < -0.39 is 0 Å². The first-order chi connectivity index (χ1) is 12.7. The molecule has 2 unspecified atom stereocenters. The molecule has 7 nitrogen and oxygen atoms in total. The fourth-order valence-electron chi connectivity index (χ4n) is 6.08. The van der Waals surface area contributed by atoms with Crippen LogP contribution in [0.1, 0.15) is 51.0 Å². The van der Waals surface area contributed by atoms with Gasteiger partial charge in [0.1, 0.15) is 0 Å². The lowest BCUT2D eigenvalue weighted by Crippen LogP contribution is -2.65. The molecule has 0 aromatic carbocycles. The van der Waals surface area contributed by atoms with E-state index in [1.54, 1.807) is 6.33 Å². The lowest BCUT2D eigenvalue weighted by atomic mass is 9.50. The topological polar surface area (TPSA) is 77.8 Å². The second-order valence-corrected chi connectivity index (χ2v) is 8.48. The van der Waals surface area contributed by atoms with E-state index in [0.717, 1.165) is 24.8 Å². The number of aromatic nitrogens is 5. The number of nitrogens with zero attached hydrogens (tertiary/aromatic N) is 5. The van der Waals surface area contributed by atoms with Gasteiger partial charge in [0.2, 0.25) is 5.88 Å². The van der Waals surface area contributed by atoms with Gasteiger partial charge in [0, 0.05) is 24.3 Å². The Labute approximate surface area is 153 Å². The summed E-state index contributed by atoms with van der Waals surface area (Å²) in [6, 6.07) is 4.07. The Morgan fingerprint density at radius 3 is 2.73 bits per heavy atom. The summed E-state index contributed by atoms with van der Waals surface area (Å²) in [7, 11) is 0. The number of rotatable bonds is 6. The van der Waals surface area contributed by atoms with Crippen molar-refractivity contribution in [2.24, 2.45) is 11.8 Å². The van der Waals surface area contributed by atoms with Gasteiger partial charge in [-0.3, -0.25) is 0 Å².